The first kappa shape index (κ1) is 24.0. The van der Waals surface area contributed by atoms with Gasteiger partial charge in [0.05, 0.1) is 5.69 Å². The summed E-state index contributed by atoms with van der Waals surface area (Å²) in [6.45, 7) is 4.46. The normalized spacial score (nSPS) is 11.7. The van der Waals surface area contributed by atoms with Gasteiger partial charge in [-0.05, 0) is 42.9 Å². The molecule has 0 atom stereocenters. The molecule has 0 saturated carbocycles. The van der Waals surface area contributed by atoms with Crippen molar-refractivity contribution in [2.45, 2.75) is 104 Å². The summed E-state index contributed by atoms with van der Waals surface area (Å²) in [7, 11) is -3.74. The van der Waals surface area contributed by atoms with E-state index in [-0.39, 0.29) is 0 Å². The van der Waals surface area contributed by atoms with E-state index in [9.17, 15) is 8.42 Å². The SMILES string of the molecule is CCCCCCCCc1cccc(NS(N)(=O)=O)c1CCCCCCCC. The number of rotatable bonds is 16. The standard InChI is InChI=1S/C22H40N2O2S/c1-3-5-7-9-11-13-16-20-17-15-19-22(24-27(23,25)26)21(20)18-14-12-10-8-6-4-2/h15,17,19,24H,3-14,16,18H2,1-2H3,(H2,23,25,26). The monoisotopic (exact) mass is 396 g/mol. The fourth-order valence-corrected chi connectivity index (χ4v) is 4.09. The van der Waals surface area contributed by atoms with E-state index in [1.165, 1.54) is 69.8 Å². The van der Waals surface area contributed by atoms with Gasteiger partial charge in [0.15, 0.2) is 0 Å². The third kappa shape index (κ3) is 11.4. The molecule has 0 unspecified atom stereocenters. The Morgan fingerprint density at radius 3 is 1.85 bits per heavy atom. The quantitative estimate of drug-likeness (QED) is 0.331. The molecule has 5 heteroatoms. The molecule has 0 aromatic heterocycles. The van der Waals surface area contributed by atoms with Crippen LogP contribution in [0.4, 0.5) is 5.69 Å². The molecule has 0 aliphatic rings. The minimum absolute atomic E-state index is 0.662. The minimum atomic E-state index is -3.74. The molecular formula is C22H40N2O2S. The molecule has 0 aliphatic heterocycles. The lowest BCUT2D eigenvalue weighted by Crippen LogP contribution is -2.22. The highest BCUT2D eigenvalue weighted by Gasteiger charge is 2.12. The van der Waals surface area contributed by atoms with Gasteiger partial charge in [0.1, 0.15) is 0 Å². The Morgan fingerprint density at radius 1 is 0.778 bits per heavy atom. The molecule has 0 radical (unpaired) electrons. The first-order valence-corrected chi connectivity index (χ1v) is 12.4. The molecule has 0 spiro atoms. The predicted octanol–water partition coefficient (Wildman–Crippen LogP) is 6.11. The Morgan fingerprint density at radius 2 is 1.30 bits per heavy atom. The first-order valence-electron chi connectivity index (χ1n) is 10.9. The average molecular weight is 397 g/mol. The van der Waals surface area contributed by atoms with E-state index in [1.807, 2.05) is 12.1 Å². The van der Waals surface area contributed by atoms with Crippen LogP contribution in [-0.4, -0.2) is 8.42 Å². The Balaban J connectivity index is 2.67. The lowest BCUT2D eigenvalue weighted by Gasteiger charge is -2.16. The second kappa shape index (κ2) is 14.0. The fraction of sp³-hybridized carbons (Fsp3) is 0.727. The Labute approximate surface area is 167 Å². The Hall–Kier alpha value is -1.07. The number of unbranched alkanes of at least 4 members (excludes halogenated alkanes) is 10. The molecule has 0 saturated heterocycles. The molecule has 1 aromatic rings. The average Bonchev–Trinajstić information content (AvgIpc) is 2.61. The van der Waals surface area contributed by atoms with Crippen molar-refractivity contribution in [3.8, 4) is 0 Å². The van der Waals surface area contributed by atoms with Crippen molar-refractivity contribution >= 4 is 15.9 Å². The minimum Gasteiger partial charge on any atom is -0.271 e. The molecule has 156 valence electrons. The van der Waals surface area contributed by atoms with Crippen LogP contribution in [0.15, 0.2) is 18.2 Å². The number of nitrogens with two attached hydrogens (primary N) is 1. The van der Waals surface area contributed by atoms with Gasteiger partial charge >= 0.3 is 0 Å². The molecule has 0 bridgehead atoms. The molecule has 0 aliphatic carbocycles. The molecule has 0 amide bonds. The smallest absolute Gasteiger partial charge is 0.271 e. The Kier molecular flexibility index (Phi) is 12.4. The van der Waals surface area contributed by atoms with Crippen LogP contribution in [-0.2, 0) is 23.1 Å². The van der Waals surface area contributed by atoms with E-state index < -0.39 is 10.2 Å². The second-order valence-corrected chi connectivity index (χ2v) is 8.92. The Bertz CT molecular complexity index is 615. The highest BCUT2D eigenvalue weighted by molar-refractivity contribution is 7.90. The predicted molar refractivity (Wildman–Crippen MR) is 117 cm³/mol. The van der Waals surface area contributed by atoms with Crippen LogP contribution in [0.1, 0.15) is 102 Å². The van der Waals surface area contributed by atoms with Gasteiger partial charge in [-0.25, -0.2) is 5.14 Å². The largest absolute Gasteiger partial charge is 0.296 e. The first-order chi connectivity index (χ1) is 13.0. The van der Waals surface area contributed by atoms with E-state index in [2.05, 4.69) is 24.6 Å². The summed E-state index contributed by atoms with van der Waals surface area (Å²) in [6.07, 6.45) is 16.9. The van der Waals surface area contributed by atoms with Gasteiger partial charge in [0, 0.05) is 0 Å². The van der Waals surface area contributed by atoms with Gasteiger partial charge in [-0.2, -0.15) is 8.42 Å². The lowest BCUT2D eigenvalue weighted by atomic mass is 9.95. The highest BCUT2D eigenvalue weighted by Crippen LogP contribution is 2.25. The zero-order chi connectivity index (χ0) is 20.0. The summed E-state index contributed by atoms with van der Waals surface area (Å²) in [6, 6.07) is 5.92. The van der Waals surface area contributed by atoms with Gasteiger partial charge in [-0.3, -0.25) is 4.72 Å². The molecule has 27 heavy (non-hydrogen) atoms. The van der Waals surface area contributed by atoms with Gasteiger partial charge < -0.3 is 0 Å². The zero-order valence-corrected chi connectivity index (χ0v) is 18.3. The molecule has 1 aromatic carbocycles. The maximum absolute atomic E-state index is 11.5. The van der Waals surface area contributed by atoms with Crippen molar-refractivity contribution in [2.24, 2.45) is 5.14 Å². The van der Waals surface area contributed by atoms with Crippen LogP contribution in [0, 0.1) is 0 Å². The number of anilines is 1. The van der Waals surface area contributed by atoms with Gasteiger partial charge in [0.25, 0.3) is 10.2 Å². The van der Waals surface area contributed by atoms with Crippen LogP contribution >= 0.6 is 0 Å². The molecule has 0 fully saturated rings. The van der Waals surface area contributed by atoms with Crippen molar-refractivity contribution in [3.63, 3.8) is 0 Å². The van der Waals surface area contributed by atoms with Gasteiger partial charge in [0.2, 0.25) is 0 Å². The summed E-state index contributed by atoms with van der Waals surface area (Å²) in [5, 5.41) is 5.23. The lowest BCUT2D eigenvalue weighted by molar-refractivity contribution is 0.598. The number of aryl methyl sites for hydroxylation is 1. The fourth-order valence-electron chi connectivity index (χ4n) is 3.59. The topological polar surface area (TPSA) is 72.2 Å². The van der Waals surface area contributed by atoms with E-state index in [0.717, 1.165) is 31.2 Å². The molecule has 3 N–H and O–H groups in total. The van der Waals surface area contributed by atoms with Crippen molar-refractivity contribution in [3.05, 3.63) is 29.3 Å². The molecule has 1 rings (SSSR count). The van der Waals surface area contributed by atoms with Gasteiger partial charge in [-0.1, -0.05) is 90.2 Å². The van der Waals surface area contributed by atoms with Crippen LogP contribution in [0.5, 0.6) is 0 Å². The molecule has 0 heterocycles. The summed E-state index contributed by atoms with van der Waals surface area (Å²) in [5.41, 5.74) is 3.07. The van der Waals surface area contributed by atoms with Crippen LogP contribution < -0.4 is 9.86 Å². The maximum atomic E-state index is 11.5. The molecule has 4 nitrogen and oxygen atoms in total. The zero-order valence-electron chi connectivity index (χ0n) is 17.4. The third-order valence-corrected chi connectivity index (χ3v) is 5.61. The van der Waals surface area contributed by atoms with Crippen molar-refractivity contribution in [2.75, 3.05) is 4.72 Å². The maximum Gasteiger partial charge on any atom is 0.296 e. The van der Waals surface area contributed by atoms with E-state index in [1.54, 1.807) is 0 Å². The number of hydrogen-bond donors (Lipinski definition) is 2. The number of hydrogen-bond acceptors (Lipinski definition) is 2. The van der Waals surface area contributed by atoms with Crippen LogP contribution in [0.3, 0.4) is 0 Å². The van der Waals surface area contributed by atoms with Crippen molar-refractivity contribution in [1.29, 1.82) is 0 Å². The van der Waals surface area contributed by atoms with Crippen molar-refractivity contribution in [1.82, 2.24) is 0 Å². The van der Waals surface area contributed by atoms with E-state index >= 15 is 0 Å². The summed E-state index contributed by atoms with van der Waals surface area (Å²) in [4.78, 5) is 0. The summed E-state index contributed by atoms with van der Waals surface area (Å²) >= 11 is 0. The summed E-state index contributed by atoms with van der Waals surface area (Å²) in [5.74, 6) is 0. The number of nitrogens with one attached hydrogen (secondary N) is 1. The van der Waals surface area contributed by atoms with Crippen LogP contribution in [0.25, 0.3) is 0 Å². The van der Waals surface area contributed by atoms with E-state index in [0.29, 0.717) is 5.69 Å². The van der Waals surface area contributed by atoms with E-state index in [4.69, 9.17) is 5.14 Å². The van der Waals surface area contributed by atoms with Gasteiger partial charge in [-0.15, -0.1) is 0 Å². The third-order valence-electron chi connectivity index (χ3n) is 5.11. The molecular weight excluding hydrogens is 356 g/mol. The van der Waals surface area contributed by atoms with Crippen molar-refractivity contribution < 1.29 is 8.42 Å². The van der Waals surface area contributed by atoms with Crippen LogP contribution in [0.2, 0.25) is 0 Å². The number of benzene rings is 1. The summed E-state index contributed by atoms with van der Waals surface area (Å²) < 4.78 is 25.6. The second-order valence-electron chi connectivity index (χ2n) is 7.63. The highest BCUT2D eigenvalue weighted by atomic mass is 32.2.